The summed E-state index contributed by atoms with van der Waals surface area (Å²) in [5.74, 6) is 3.65. The number of alkyl carbamates (subject to hydrolysis) is 1. The molecule has 2 aliphatic rings. The van der Waals surface area contributed by atoms with E-state index >= 15 is 0 Å². The Morgan fingerprint density at radius 3 is 1.40 bits per heavy atom. The first-order chi connectivity index (χ1) is 43.6. The van der Waals surface area contributed by atoms with Crippen molar-refractivity contribution in [2.45, 2.75) is 303 Å². The molecule has 524 valence electrons. The Bertz CT molecular complexity index is 2610. The van der Waals surface area contributed by atoms with Crippen LogP contribution in [0.25, 0.3) is 0 Å². The van der Waals surface area contributed by atoms with Gasteiger partial charge in [-0.3, -0.25) is 14.4 Å². The van der Waals surface area contributed by atoms with Crippen LogP contribution in [-0.2, 0) is 46.2 Å². The van der Waals surface area contributed by atoms with E-state index in [0.717, 1.165) is 157 Å². The van der Waals surface area contributed by atoms with Gasteiger partial charge in [-0.2, -0.15) is 0 Å². The fourth-order valence-corrected chi connectivity index (χ4v) is 13.6. The van der Waals surface area contributed by atoms with E-state index in [1.54, 1.807) is 0 Å². The minimum Gasteiger partial charge on any atom is -0.493 e. The highest BCUT2D eigenvalue weighted by atomic mass is 16.6. The maximum Gasteiger partial charge on any atom is 0.407 e. The Labute approximate surface area is 558 Å². The Hall–Kier alpha value is -4.85. The SMILES string of the molecule is CCN(CC)CCCNC(=O)OCC(COC(=O)CCC(=O)Oc1c(C)c(C)c2c(c1C)CC[C@@](C)(CCC[C@H](C)CCC[C@H](C)CCCC(C)C)O2)COC(=O)C(=O)CCOc1c(C)c(C)c2c(c1C)CC[C@@](C)(CCC[C@H](C)CCC[C@H](C)CCCC(C)C)O2. The fraction of sp³-hybridized carbons (Fsp3) is 0.782. The summed E-state index contributed by atoms with van der Waals surface area (Å²) >= 11 is 0. The van der Waals surface area contributed by atoms with Crippen LogP contribution in [0.15, 0.2) is 0 Å². The molecule has 0 fully saturated rings. The second-order valence-electron chi connectivity index (χ2n) is 29.9. The number of hydrogen-bond donors (Lipinski definition) is 1. The maximum atomic E-state index is 13.4. The van der Waals surface area contributed by atoms with E-state index in [0.29, 0.717) is 29.9 Å². The van der Waals surface area contributed by atoms with Crippen molar-refractivity contribution >= 4 is 29.8 Å². The van der Waals surface area contributed by atoms with Crippen molar-refractivity contribution in [3.05, 3.63) is 44.5 Å². The highest BCUT2D eigenvalue weighted by Gasteiger charge is 2.37. The summed E-state index contributed by atoms with van der Waals surface area (Å²) in [7, 11) is 0. The molecular formula is C78H130N2O12. The van der Waals surface area contributed by atoms with Gasteiger partial charge in [0.2, 0.25) is 5.78 Å². The van der Waals surface area contributed by atoms with E-state index in [4.69, 9.17) is 33.2 Å². The van der Waals surface area contributed by atoms with E-state index in [2.05, 4.69) is 100 Å². The average molecular weight is 1290 g/mol. The molecule has 0 saturated carbocycles. The van der Waals surface area contributed by atoms with Crippen LogP contribution < -0.4 is 24.3 Å². The molecular weight excluding hydrogens is 1160 g/mol. The smallest absolute Gasteiger partial charge is 0.407 e. The van der Waals surface area contributed by atoms with E-state index in [-0.39, 0.29) is 56.9 Å². The van der Waals surface area contributed by atoms with Crippen molar-refractivity contribution in [3.63, 3.8) is 0 Å². The van der Waals surface area contributed by atoms with Gasteiger partial charge >= 0.3 is 24.0 Å². The van der Waals surface area contributed by atoms with Crippen molar-refractivity contribution in [2.24, 2.45) is 41.4 Å². The van der Waals surface area contributed by atoms with Gasteiger partial charge in [0.1, 0.15) is 54.0 Å². The predicted octanol–water partition coefficient (Wildman–Crippen LogP) is 18.5. The zero-order chi connectivity index (χ0) is 68.1. The molecule has 0 saturated heterocycles. The van der Waals surface area contributed by atoms with Gasteiger partial charge in [0.05, 0.1) is 31.8 Å². The number of nitrogens with zero attached hydrogens (tertiary/aromatic N) is 1. The zero-order valence-corrected chi connectivity index (χ0v) is 61.4. The molecule has 2 aromatic carbocycles. The number of esters is 3. The van der Waals surface area contributed by atoms with E-state index in [1.165, 1.54) is 89.9 Å². The number of ketones is 1. The van der Waals surface area contributed by atoms with Crippen molar-refractivity contribution in [2.75, 3.05) is 52.6 Å². The highest BCUT2D eigenvalue weighted by molar-refractivity contribution is 6.33. The summed E-state index contributed by atoms with van der Waals surface area (Å²) in [6, 6.07) is 0. The van der Waals surface area contributed by atoms with Crippen molar-refractivity contribution in [1.29, 1.82) is 0 Å². The number of rotatable bonds is 45. The molecule has 92 heavy (non-hydrogen) atoms. The van der Waals surface area contributed by atoms with Crippen LogP contribution in [0.4, 0.5) is 4.79 Å². The molecule has 14 nitrogen and oxygen atoms in total. The molecule has 1 unspecified atom stereocenters. The summed E-state index contributed by atoms with van der Waals surface area (Å²) in [6.07, 6.45) is 25.2. The average Bonchev–Trinajstić information content (AvgIpc) is 0.773. The second-order valence-corrected chi connectivity index (χ2v) is 29.9. The Morgan fingerprint density at radius 1 is 0.500 bits per heavy atom. The number of Topliss-reactive ketones (excluding diaryl/α,β-unsaturated/α-hetero) is 1. The van der Waals surface area contributed by atoms with Gasteiger partial charge in [-0.25, -0.2) is 9.59 Å². The number of hydrogen-bond acceptors (Lipinski definition) is 13. The largest absolute Gasteiger partial charge is 0.493 e. The lowest BCUT2D eigenvalue weighted by atomic mass is 9.83. The minimum absolute atomic E-state index is 0.0415. The Balaban J connectivity index is 1.26. The molecule has 0 radical (unpaired) electrons. The number of fused-ring (bicyclic) bond motifs is 2. The molecule has 2 heterocycles. The van der Waals surface area contributed by atoms with Crippen LogP contribution >= 0.6 is 0 Å². The highest BCUT2D eigenvalue weighted by Crippen LogP contribution is 2.47. The number of carbonyl (C=O) groups excluding carboxylic acids is 5. The summed E-state index contributed by atoms with van der Waals surface area (Å²) in [5.41, 5.74) is 7.21. The third-order valence-electron chi connectivity index (χ3n) is 20.4. The summed E-state index contributed by atoms with van der Waals surface area (Å²) < 4.78 is 42.6. The molecule has 0 aliphatic carbocycles. The lowest BCUT2D eigenvalue weighted by Gasteiger charge is -2.38. The third kappa shape index (κ3) is 27.5. The second kappa shape index (κ2) is 40.5. The molecule has 1 amide bonds. The van der Waals surface area contributed by atoms with Crippen LogP contribution in [0.2, 0.25) is 0 Å². The summed E-state index contributed by atoms with van der Waals surface area (Å²) in [6.45, 7) is 41.6. The Kier molecular flexibility index (Phi) is 35.1. The molecule has 4 rings (SSSR count). The van der Waals surface area contributed by atoms with Gasteiger partial charge < -0.3 is 43.4 Å². The van der Waals surface area contributed by atoms with Crippen molar-refractivity contribution in [1.82, 2.24) is 10.2 Å². The van der Waals surface area contributed by atoms with Crippen LogP contribution in [0.1, 0.15) is 282 Å². The number of nitrogens with one attached hydrogen (secondary N) is 1. The number of benzene rings is 2. The minimum atomic E-state index is -1.07. The zero-order valence-electron chi connectivity index (χ0n) is 61.4. The van der Waals surface area contributed by atoms with Gasteiger partial charge in [-0.05, 0) is 202 Å². The van der Waals surface area contributed by atoms with Gasteiger partial charge in [-0.15, -0.1) is 0 Å². The van der Waals surface area contributed by atoms with Gasteiger partial charge in [-0.1, -0.05) is 159 Å². The molecule has 1 N–H and O–H groups in total. The molecule has 7 atom stereocenters. The number of carbonyl (C=O) groups is 5. The van der Waals surface area contributed by atoms with Crippen molar-refractivity contribution < 1.29 is 57.1 Å². The standard InChI is InChI=1S/C78H130N2O12/c1-19-80(20-2)48-27-47-79-76(85)89-52-65(50-87-69(82)38-39-70(83)90-72-60(12)62(14)74-67(64(72)16)41-46-78(18,92-74)44-26-37-58(10)35-24-33-56(8)31-22-29-54(5)6)51-88-75(84)68(81)42-49-86-71-59(11)61(13)73-66(63(71)15)40-45-77(17,91-73)43-25-36-57(9)34-23-32-55(7)30-21-28-53(3)4/h53-58,65H,19-52H2,1-18H3,(H,79,85)/t55-,56-,57-,58-,65?,77-,78-/m1/s1. The maximum absolute atomic E-state index is 13.4. The normalized spacial score (nSPS) is 17.8. The molecule has 0 spiro atoms. The lowest BCUT2D eigenvalue weighted by Crippen LogP contribution is -2.37. The molecule has 2 aliphatic heterocycles. The quantitative estimate of drug-likeness (QED) is 0.0219. The predicted molar refractivity (Wildman–Crippen MR) is 373 cm³/mol. The van der Waals surface area contributed by atoms with Gasteiger partial charge in [0, 0.05) is 17.7 Å². The Morgan fingerprint density at radius 2 is 0.924 bits per heavy atom. The van der Waals surface area contributed by atoms with Gasteiger partial charge in [0.25, 0.3) is 0 Å². The first kappa shape index (κ1) is 79.6. The van der Waals surface area contributed by atoms with E-state index < -0.39 is 35.7 Å². The van der Waals surface area contributed by atoms with Crippen LogP contribution in [0.3, 0.4) is 0 Å². The molecule has 2 aromatic rings. The first-order valence-corrected chi connectivity index (χ1v) is 36.5. The van der Waals surface area contributed by atoms with Gasteiger partial charge in [0.15, 0.2) is 0 Å². The monoisotopic (exact) mass is 1290 g/mol. The topological polar surface area (TPSA) is 165 Å². The van der Waals surface area contributed by atoms with Crippen LogP contribution in [0, 0.1) is 83.0 Å². The fourth-order valence-electron chi connectivity index (χ4n) is 13.6. The third-order valence-corrected chi connectivity index (χ3v) is 20.4. The summed E-state index contributed by atoms with van der Waals surface area (Å²) in [5, 5.41) is 2.75. The van der Waals surface area contributed by atoms with E-state index in [1.807, 2.05) is 34.6 Å². The van der Waals surface area contributed by atoms with Crippen LogP contribution in [0.5, 0.6) is 23.0 Å². The molecule has 0 aromatic heterocycles. The number of ether oxygens (including phenoxy) is 7. The first-order valence-electron chi connectivity index (χ1n) is 36.5. The summed E-state index contributed by atoms with van der Waals surface area (Å²) in [4.78, 5) is 68.2. The van der Waals surface area contributed by atoms with Crippen LogP contribution in [-0.4, -0.2) is 98.5 Å². The molecule has 0 bridgehead atoms. The lowest BCUT2D eigenvalue weighted by molar-refractivity contribution is -0.157. The molecule has 14 heteroatoms. The van der Waals surface area contributed by atoms with E-state index in [9.17, 15) is 24.0 Å². The van der Waals surface area contributed by atoms with Crippen molar-refractivity contribution in [3.8, 4) is 23.0 Å². The number of amides is 1.